The summed E-state index contributed by atoms with van der Waals surface area (Å²) in [4.78, 5) is 39.4. The van der Waals surface area contributed by atoms with E-state index in [-0.39, 0.29) is 43.6 Å². The molecule has 11 nitrogen and oxygen atoms in total. The van der Waals surface area contributed by atoms with Crippen LogP contribution in [0.1, 0.15) is 52.9 Å². The Morgan fingerprint density at radius 1 is 1.15 bits per heavy atom. The van der Waals surface area contributed by atoms with Gasteiger partial charge in [0.2, 0.25) is 5.91 Å². The zero-order valence-corrected chi connectivity index (χ0v) is 24.4. The number of aliphatic hydroxyl groups is 2. The van der Waals surface area contributed by atoms with Gasteiger partial charge in [0, 0.05) is 24.8 Å². The smallest absolute Gasteiger partial charge is 0.308 e. The van der Waals surface area contributed by atoms with E-state index in [4.69, 9.17) is 21.1 Å². The molecule has 1 aromatic heterocycles. The molecule has 2 heterocycles. The van der Waals surface area contributed by atoms with Crippen LogP contribution in [0.3, 0.4) is 0 Å². The fourth-order valence-electron chi connectivity index (χ4n) is 4.34. The lowest BCUT2D eigenvalue weighted by molar-refractivity contribution is -0.146. The van der Waals surface area contributed by atoms with Gasteiger partial charge in [0.15, 0.2) is 5.82 Å². The Labute approximate surface area is 245 Å². The first-order valence-corrected chi connectivity index (χ1v) is 14.2. The molecule has 3 N–H and O–H groups in total. The average molecular weight is 591 g/mol. The van der Waals surface area contributed by atoms with Gasteiger partial charge in [0.05, 0.1) is 43.3 Å². The maximum Gasteiger partial charge on any atom is 0.308 e. The van der Waals surface area contributed by atoms with Crippen LogP contribution in [-0.4, -0.2) is 74.1 Å². The van der Waals surface area contributed by atoms with Crippen molar-refractivity contribution in [3.8, 4) is 5.75 Å². The maximum absolute atomic E-state index is 13.3. The standard InChI is InChI=1S/C29H39ClN4O7/c1-4-5-12-40-28(38)15-20(35)14-21(36)17-33-11-10-26(32-33)31-29(39)24(13-19(2)3)34-18-22(16-27(34)37)41-25-9-7-6-8-23(25)30/h6-11,16,19-21,24,35-36H,4-5,12-15,17-18H2,1-3H3,(H,31,32,39)/t20-,21+,24+/m1/s1. The molecule has 3 atom stereocenters. The number of esters is 1. The Bertz CT molecular complexity index is 1220. The van der Waals surface area contributed by atoms with Crippen molar-refractivity contribution in [2.75, 3.05) is 18.5 Å². The van der Waals surface area contributed by atoms with Crippen LogP contribution >= 0.6 is 11.6 Å². The minimum absolute atomic E-state index is 0.0381. The van der Waals surface area contributed by atoms with Crippen molar-refractivity contribution in [2.45, 2.75) is 77.7 Å². The van der Waals surface area contributed by atoms with Crippen LogP contribution in [0.4, 0.5) is 5.82 Å². The summed E-state index contributed by atoms with van der Waals surface area (Å²) in [6.07, 6.45) is 2.75. The number of nitrogens with zero attached hydrogens (tertiary/aromatic N) is 3. The normalized spacial score (nSPS) is 15.4. The monoisotopic (exact) mass is 590 g/mol. The van der Waals surface area contributed by atoms with E-state index in [0.29, 0.717) is 29.6 Å². The SMILES string of the molecule is CCCCOC(=O)C[C@H](O)C[C@H](O)Cn1ccc(NC(=O)[C@H](CC(C)C)N2CC(Oc3ccccc3Cl)=CC2=O)n1. The lowest BCUT2D eigenvalue weighted by atomic mass is 10.0. The van der Waals surface area contributed by atoms with Crippen molar-refractivity contribution in [1.29, 1.82) is 0 Å². The first kappa shape index (κ1) is 32.1. The summed E-state index contributed by atoms with van der Waals surface area (Å²) in [6, 6.07) is 7.75. The van der Waals surface area contributed by atoms with Crippen LogP contribution in [0.5, 0.6) is 5.75 Å². The number of carbonyl (C=O) groups is 3. The highest BCUT2D eigenvalue weighted by Crippen LogP contribution is 2.28. The van der Waals surface area contributed by atoms with E-state index in [1.807, 2.05) is 20.8 Å². The van der Waals surface area contributed by atoms with E-state index in [2.05, 4.69) is 10.4 Å². The third-order valence-electron chi connectivity index (χ3n) is 6.34. The van der Waals surface area contributed by atoms with Crippen molar-refractivity contribution in [3.05, 3.63) is 53.4 Å². The molecule has 0 saturated carbocycles. The molecule has 0 radical (unpaired) electrons. The van der Waals surface area contributed by atoms with Crippen molar-refractivity contribution < 1.29 is 34.1 Å². The number of benzene rings is 1. The van der Waals surface area contributed by atoms with E-state index < -0.39 is 30.1 Å². The molecule has 1 aliphatic heterocycles. The molecule has 0 aliphatic carbocycles. The van der Waals surface area contributed by atoms with E-state index in [0.717, 1.165) is 12.8 Å². The van der Waals surface area contributed by atoms with Gasteiger partial charge in [0.25, 0.3) is 5.91 Å². The van der Waals surface area contributed by atoms with Gasteiger partial charge in [-0.15, -0.1) is 0 Å². The Balaban J connectivity index is 1.55. The molecule has 2 amide bonds. The molecule has 1 aliphatic rings. The van der Waals surface area contributed by atoms with Gasteiger partial charge in [-0.2, -0.15) is 5.10 Å². The molecule has 0 saturated heterocycles. The van der Waals surface area contributed by atoms with Crippen LogP contribution in [0.15, 0.2) is 48.4 Å². The van der Waals surface area contributed by atoms with Gasteiger partial charge in [-0.05, 0) is 30.9 Å². The number of para-hydroxylation sites is 1. The lowest BCUT2D eigenvalue weighted by Crippen LogP contribution is -2.46. The summed E-state index contributed by atoms with van der Waals surface area (Å²) in [5.74, 6) is -0.0614. The Morgan fingerprint density at radius 2 is 1.90 bits per heavy atom. The summed E-state index contributed by atoms with van der Waals surface area (Å²) < 4.78 is 12.3. The van der Waals surface area contributed by atoms with Crippen LogP contribution in [0.2, 0.25) is 5.02 Å². The zero-order valence-electron chi connectivity index (χ0n) is 23.7. The van der Waals surface area contributed by atoms with Crippen molar-refractivity contribution in [1.82, 2.24) is 14.7 Å². The van der Waals surface area contributed by atoms with Gasteiger partial charge in [-0.1, -0.05) is 50.9 Å². The number of ether oxygens (including phenoxy) is 2. The second-order valence-corrected chi connectivity index (χ2v) is 10.9. The molecule has 0 fully saturated rings. The number of carbonyl (C=O) groups excluding carboxylic acids is 3. The Kier molecular flexibility index (Phi) is 12.2. The van der Waals surface area contributed by atoms with E-state index in [1.54, 1.807) is 36.5 Å². The third-order valence-corrected chi connectivity index (χ3v) is 6.65. The van der Waals surface area contributed by atoms with E-state index in [9.17, 15) is 24.6 Å². The van der Waals surface area contributed by atoms with Gasteiger partial charge in [-0.3, -0.25) is 19.1 Å². The number of halogens is 1. The number of anilines is 1. The fourth-order valence-corrected chi connectivity index (χ4v) is 4.51. The number of nitrogens with one attached hydrogen (secondary N) is 1. The highest BCUT2D eigenvalue weighted by Gasteiger charge is 2.35. The van der Waals surface area contributed by atoms with Crippen molar-refractivity contribution in [3.63, 3.8) is 0 Å². The minimum Gasteiger partial charge on any atom is -0.466 e. The van der Waals surface area contributed by atoms with E-state index in [1.165, 1.54) is 15.7 Å². The number of hydrogen-bond donors (Lipinski definition) is 3. The predicted octanol–water partition coefficient (Wildman–Crippen LogP) is 3.54. The molecule has 0 spiro atoms. The van der Waals surface area contributed by atoms with Gasteiger partial charge in [-0.25, -0.2) is 0 Å². The fraction of sp³-hybridized carbons (Fsp3) is 0.517. The largest absolute Gasteiger partial charge is 0.466 e. The molecule has 2 aromatic rings. The first-order valence-electron chi connectivity index (χ1n) is 13.8. The topological polar surface area (TPSA) is 143 Å². The molecule has 12 heteroatoms. The zero-order chi connectivity index (χ0) is 29.9. The van der Waals surface area contributed by atoms with Crippen molar-refractivity contribution >= 4 is 35.2 Å². The quantitative estimate of drug-likeness (QED) is 0.199. The Hall–Kier alpha value is -3.41. The molecular formula is C29H39ClN4O7. The molecule has 1 aromatic carbocycles. The summed E-state index contributed by atoms with van der Waals surface area (Å²) in [5.41, 5.74) is 0. The molecular weight excluding hydrogens is 552 g/mol. The maximum atomic E-state index is 13.3. The molecule has 3 rings (SSSR count). The highest BCUT2D eigenvalue weighted by molar-refractivity contribution is 6.32. The number of rotatable bonds is 16. The predicted molar refractivity (Wildman–Crippen MR) is 153 cm³/mol. The number of amides is 2. The summed E-state index contributed by atoms with van der Waals surface area (Å²) in [7, 11) is 0. The first-order chi connectivity index (χ1) is 19.5. The van der Waals surface area contributed by atoms with Crippen molar-refractivity contribution in [2.24, 2.45) is 5.92 Å². The molecule has 0 unspecified atom stereocenters. The lowest BCUT2D eigenvalue weighted by Gasteiger charge is -2.28. The summed E-state index contributed by atoms with van der Waals surface area (Å²) in [5, 5.41) is 28.0. The molecule has 224 valence electrons. The van der Waals surface area contributed by atoms with Gasteiger partial charge < -0.3 is 29.9 Å². The summed E-state index contributed by atoms with van der Waals surface area (Å²) >= 11 is 6.18. The van der Waals surface area contributed by atoms with E-state index >= 15 is 0 Å². The number of hydrogen-bond acceptors (Lipinski definition) is 8. The van der Waals surface area contributed by atoms with Crippen LogP contribution in [-0.2, 0) is 25.7 Å². The average Bonchev–Trinajstić information content (AvgIpc) is 3.48. The van der Waals surface area contributed by atoms with Gasteiger partial charge >= 0.3 is 5.97 Å². The number of aliphatic hydroxyl groups excluding tert-OH is 2. The second kappa shape index (κ2) is 15.6. The van der Waals surface area contributed by atoms with Crippen LogP contribution < -0.4 is 10.1 Å². The summed E-state index contributed by atoms with van der Waals surface area (Å²) in [6.45, 7) is 6.38. The highest BCUT2D eigenvalue weighted by atomic mass is 35.5. The number of unbranched alkanes of at least 4 members (excludes halogenated alkanes) is 1. The van der Waals surface area contributed by atoms with Gasteiger partial charge in [0.1, 0.15) is 17.6 Å². The second-order valence-electron chi connectivity index (χ2n) is 10.5. The molecule has 0 bridgehead atoms. The van der Waals surface area contributed by atoms with Crippen LogP contribution in [0.25, 0.3) is 0 Å². The number of aromatic nitrogens is 2. The molecule has 41 heavy (non-hydrogen) atoms. The minimum atomic E-state index is -1.05. The Morgan fingerprint density at radius 3 is 2.61 bits per heavy atom. The van der Waals surface area contributed by atoms with Crippen LogP contribution in [0, 0.1) is 5.92 Å². The third kappa shape index (κ3) is 10.2.